The predicted molar refractivity (Wildman–Crippen MR) is 92.4 cm³/mol. The fraction of sp³-hybridized carbons (Fsp3) is 0.556. The molecule has 7 heteroatoms. The lowest BCUT2D eigenvalue weighted by Crippen LogP contribution is -2.48. The zero-order valence-corrected chi connectivity index (χ0v) is 14.9. The number of carbonyl (C=O) groups is 2. The average molecular weight is 348 g/mol. The van der Waals surface area contributed by atoms with Gasteiger partial charge in [0.15, 0.2) is 6.10 Å². The summed E-state index contributed by atoms with van der Waals surface area (Å²) in [6.45, 7) is 5.87. The lowest BCUT2D eigenvalue weighted by atomic mass is 9.99. The highest BCUT2D eigenvalue weighted by Gasteiger charge is 2.30. The highest BCUT2D eigenvalue weighted by molar-refractivity contribution is 5.92. The van der Waals surface area contributed by atoms with Crippen LogP contribution in [-0.2, 0) is 9.53 Å². The lowest BCUT2D eigenvalue weighted by Gasteiger charge is -2.36. The van der Waals surface area contributed by atoms with Crippen LogP contribution in [0.2, 0.25) is 0 Å². The monoisotopic (exact) mass is 348 g/mol. The van der Waals surface area contributed by atoms with Crippen LogP contribution in [-0.4, -0.2) is 40.4 Å². The minimum absolute atomic E-state index is 0.0558. The number of nitro benzene ring substituents is 1. The van der Waals surface area contributed by atoms with Crippen LogP contribution in [0.1, 0.15) is 55.5 Å². The third-order valence-corrected chi connectivity index (χ3v) is 4.64. The summed E-state index contributed by atoms with van der Waals surface area (Å²) < 4.78 is 5.30. The van der Waals surface area contributed by atoms with Gasteiger partial charge in [0.2, 0.25) is 0 Å². The summed E-state index contributed by atoms with van der Waals surface area (Å²) in [5.41, 5.74) is 0.522. The number of ether oxygens (including phenoxy) is 1. The maximum Gasteiger partial charge on any atom is 0.338 e. The van der Waals surface area contributed by atoms with Crippen LogP contribution in [0.15, 0.2) is 18.2 Å². The van der Waals surface area contributed by atoms with Crippen LogP contribution in [0.4, 0.5) is 5.69 Å². The van der Waals surface area contributed by atoms with Gasteiger partial charge in [-0.15, -0.1) is 0 Å². The molecule has 136 valence electrons. The summed E-state index contributed by atoms with van der Waals surface area (Å²) in [6, 6.07) is 4.23. The van der Waals surface area contributed by atoms with E-state index in [1.165, 1.54) is 18.2 Å². The van der Waals surface area contributed by atoms with E-state index in [-0.39, 0.29) is 23.2 Å². The Hall–Kier alpha value is -2.44. The summed E-state index contributed by atoms with van der Waals surface area (Å²) in [4.78, 5) is 37.0. The van der Waals surface area contributed by atoms with Crippen molar-refractivity contribution in [2.24, 2.45) is 0 Å². The Morgan fingerprint density at radius 3 is 2.72 bits per heavy atom. The molecule has 1 aromatic rings. The molecule has 1 aromatic carbocycles. The quantitative estimate of drug-likeness (QED) is 0.463. The van der Waals surface area contributed by atoms with Crippen molar-refractivity contribution in [3.63, 3.8) is 0 Å². The number of piperidine rings is 1. The second-order valence-electron chi connectivity index (χ2n) is 6.40. The van der Waals surface area contributed by atoms with Crippen LogP contribution in [0.3, 0.4) is 0 Å². The first kappa shape index (κ1) is 18.9. The van der Waals surface area contributed by atoms with Crippen LogP contribution in [0.25, 0.3) is 0 Å². The van der Waals surface area contributed by atoms with Gasteiger partial charge in [-0.2, -0.15) is 0 Å². The number of nitro groups is 1. The fourth-order valence-electron chi connectivity index (χ4n) is 3.21. The first-order chi connectivity index (χ1) is 11.8. The van der Waals surface area contributed by atoms with Crippen LogP contribution in [0.5, 0.6) is 0 Å². The molecule has 0 N–H and O–H groups in total. The zero-order valence-electron chi connectivity index (χ0n) is 14.9. The Morgan fingerprint density at radius 2 is 2.12 bits per heavy atom. The predicted octanol–water partition coefficient (Wildman–Crippen LogP) is 3.24. The SMILES string of the molecule is CC[C@H]1CCCCN1C(=O)[C@@H](C)OC(=O)c1ccc([N+](=O)[O-])c(C)c1. The molecule has 25 heavy (non-hydrogen) atoms. The molecule has 0 bridgehead atoms. The Morgan fingerprint density at radius 1 is 1.40 bits per heavy atom. The van der Waals surface area contributed by atoms with Crippen molar-refractivity contribution in [1.82, 2.24) is 4.90 Å². The van der Waals surface area contributed by atoms with Crippen molar-refractivity contribution in [1.29, 1.82) is 0 Å². The number of hydrogen-bond donors (Lipinski definition) is 0. The van der Waals surface area contributed by atoms with Gasteiger partial charge in [-0.3, -0.25) is 14.9 Å². The highest BCUT2D eigenvalue weighted by atomic mass is 16.6. The Balaban J connectivity index is 2.05. The number of nitrogens with zero attached hydrogens (tertiary/aromatic N) is 2. The number of hydrogen-bond acceptors (Lipinski definition) is 5. The van der Waals surface area contributed by atoms with E-state index in [2.05, 4.69) is 0 Å². The zero-order chi connectivity index (χ0) is 18.6. The molecule has 0 radical (unpaired) electrons. The minimum Gasteiger partial charge on any atom is -0.449 e. The molecule has 0 spiro atoms. The van der Waals surface area contributed by atoms with E-state index in [1.807, 2.05) is 11.8 Å². The molecular formula is C18H24N2O5. The number of aryl methyl sites for hydroxylation is 1. The molecule has 1 saturated heterocycles. The molecule has 0 saturated carbocycles. The van der Waals surface area contributed by atoms with E-state index in [0.29, 0.717) is 12.1 Å². The number of likely N-dealkylation sites (tertiary alicyclic amines) is 1. The number of carbonyl (C=O) groups excluding carboxylic acids is 2. The van der Waals surface area contributed by atoms with Crippen molar-refractivity contribution >= 4 is 17.6 Å². The molecule has 0 aromatic heterocycles. The molecule has 1 aliphatic heterocycles. The van der Waals surface area contributed by atoms with Gasteiger partial charge >= 0.3 is 5.97 Å². The topological polar surface area (TPSA) is 89.8 Å². The normalized spacial score (nSPS) is 18.5. The van der Waals surface area contributed by atoms with Gasteiger partial charge in [-0.05, 0) is 51.7 Å². The number of rotatable bonds is 5. The van der Waals surface area contributed by atoms with Gasteiger partial charge in [0.25, 0.3) is 11.6 Å². The summed E-state index contributed by atoms with van der Waals surface area (Å²) in [5, 5.41) is 10.8. The van der Waals surface area contributed by atoms with Crippen LogP contribution in [0, 0.1) is 17.0 Å². The van der Waals surface area contributed by atoms with E-state index < -0.39 is 17.0 Å². The largest absolute Gasteiger partial charge is 0.449 e. The van der Waals surface area contributed by atoms with Gasteiger partial charge in [0.05, 0.1) is 10.5 Å². The second-order valence-corrected chi connectivity index (χ2v) is 6.40. The molecule has 7 nitrogen and oxygen atoms in total. The van der Waals surface area contributed by atoms with Crippen molar-refractivity contribution < 1.29 is 19.2 Å². The van der Waals surface area contributed by atoms with Crippen molar-refractivity contribution in [2.45, 2.75) is 58.6 Å². The molecule has 2 atom stereocenters. The van der Waals surface area contributed by atoms with E-state index in [9.17, 15) is 19.7 Å². The molecule has 2 rings (SSSR count). The highest BCUT2D eigenvalue weighted by Crippen LogP contribution is 2.22. The molecule has 0 aliphatic carbocycles. The van der Waals surface area contributed by atoms with Gasteiger partial charge in [-0.25, -0.2) is 4.79 Å². The number of amides is 1. The Labute approximate surface area is 147 Å². The first-order valence-electron chi connectivity index (χ1n) is 8.61. The third kappa shape index (κ3) is 4.35. The standard InChI is InChI=1S/C18H24N2O5/c1-4-15-7-5-6-10-19(15)17(21)13(3)25-18(22)14-8-9-16(20(23)24)12(2)11-14/h8-9,11,13,15H,4-7,10H2,1-3H3/t13-,15+/m1/s1. The van der Waals surface area contributed by atoms with Crippen molar-refractivity contribution in [2.75, 3.05) is 6.54 Å². The lowest BCUT2D eigenvalue weighted by molar-refractivity contribution is -0.385. The van der Waals surface area contributed by atoms with E-state index in [4.69, 9.17) is 4.74 Å². The van der Waals surface area contributed by atoms with Gasteiger partial charge in [-0.1, -0.05) is 6.92 Å². The number of esters is 1. The molecule has 1 fully saturated rings. The van der Waals surface area contributed by atoms with Crippen LogP contribution < -0.4 is 0 Å². The Bertz CT molecular complexity index is 673. The van der Waals surface area contributed by atoms with E-state index in [0.717, 1.165) is 25.7 Å². The van der Waals surface area contributed by atoms with Gasteiger partial charge < -0.3 is 9.64 Å². The summed E-state index contributed by atoms with van der Waals surface area (Å²) in [7, 11) is 0. The molecule has 1 heterocycles. The summed E-state index contributed by atoms with van der Waals surface area (Å²) >= 11 is 0. The summed E-state index contributed by atoms with van der Waals surface area (Å²) in [6.07, 6.45) is 3.05. The Kier molecular flexibility index (Phi) is 6.12. The third-order valence-electron chi connectivity index (χ3n) is 4.64. The minimum atomic E-state index is -0.879. The summed E-state index contributed by atoms with van der Waals surface area (Å²) in [5.74, 6) is -0.831. The molecular weight excluding hydrogens is 324 g/mol. The first-order valence-corrected chi connectivity index (χ1v) is 8.61. The average Bonchev–Trinajstić information content (AvgIpc) is 2.60. The maximum absolute atomic E-state index is 12.6. The molecule has 0 unspecified atom stereocenters. The molecule has 1 amide bonds. The van der Waals surface area contributed by atoms with Crippen molar-refractivity contribution in [3.05, 3.63) is 39.4 Å². The van der Waals surface area contributed by atoms with E-state index in [1.54, 1.807) is 13.8 Å². The van der Waals surface area contributed by atoms with Crippen LogP contribution >= 0.6 is 0 Å². The fourth-order valence-corrected chi connectivity index (χ4v) is 3.21. The van der Waals surface area contributed by atoms with Crippen molar-refractivity contribution in [3.8, 4) is 0 Å². The van der Waals surface area contributed by atoms with Gasteiger partial charge in [0.1, 0.15) is 0 Å². The van der Waals surface area contributed by atoms with Gasteiger partial charge in [0, 0.05) is 24.2 Å². The number of benzene rings is 1. The van der Waals surface area contributed by atoms with E-state index >= 15 is 0 Å². The maximum atomic E-state index is 12.6. The smallest absolute Gasteiger partial charge is 0.338 e. The molecule has 1 aliphatic rings. The second kappa shape index (κ2) is 8.09.